The maximum absolute atomic E-state index is 5.26. The highest BCUT2D eigenvalue weighted by Crippen LogP contribution is 2.47. The molecule has 0 bridgehead atoms. The Kier molecular flexibility index (Phi) is 22.1. The van der Waals surface area contributed by atoms with Crippen LogP contribution in [0.25, 0.3) is 267 Å². The van der Waals surface area contributed by atoms with Crippen LogP contribution in [0.1, 0.15) is 0 Å². The number of para-hydroxylation sites is 10. The minimum atomic E-state index is 0.599. The van der Waals surface area contributed by atoms with E-state index in [1.165, 1.54) is 87.2 Å². The zero-order chi connectivity index (χ0) is 97.9. The Labute approximate surface area is 855 Å². The molecular formula is C138H90N10. The molecule has 28 rings (SSSR count). The van der Waals surface area contributed by atoms with Crippen molar-refractivity contribution in [2.45, 2.75) is 0 Å². The summed E-state index contributed by atoms with van der Waals surface area (Å²) in [6.07, 6.45) is 0. The van der Waals surface area contributed by atoms with E-state index in [-0.39, 0.29) is 0 Å². The van der Waals surface area contributed by atoms with Gasteiger partial charge in [0.25, 0.3) is 0 Å². The van der Waals surface area contributed by atoms with E-state index >= 15 is 0 Å². The second-order valence-corrected chi connectivity index (χ2v) is 37.6. The number of hydrogen-bond donors (Lipinski definition) is 0. The smallest absolute Gasteiger partial charge is 0.164 e. The Bertz CT molecular complexity index is 9400. The van der Waals surface area contributed by atoms with Gasteiger partial charge in [0.2, 0.25) is 0 Å². The lowest BCUT2D eigenvalue weighted by Crippen LogP contribution is -2.00. The summed E-state index contributed by atoms with van der Waals surface area (Å²) in [4.78, 5) is 31.1. The minimum absolute atomic E-state index is 0.599. The van der Waals surface area contributed by atoms with E-state index in [1.54, 1.807) is 0 Å². The standard InChI is InChI=1S/2C69H45N5/c1-5-21-46(22-6-1)67-70-68(47-23-7-2-8-24-47)72-69(71-67)54-44-52(48-25-17-27-50(41-48)57-35-19-37-61-59-33-13-15-39-63(59)73(65(57)61)55-29-9-3-10-30-55)43-53(45-54)49-26-18-28-51(42-49)58-36-20-38-62-60-34-14-16-40-64(60)74(66(58)62)56-31-11-4-12-32-56;1-5-19-46(20-6-1)67-70-68(47-21-7-2-8-22-47)72-69(71-67)56-42-54(50-25-17-23-48(39-50)52-35-37-61-59-31-13-15-33-63(59)73(65(61)44-52)57-27-9-3-10-28-57)41-55(43-56)51-26-18-24-49(40-51)53-36-38-62-60-32-14-16-34-64(60)74(66(62)45-53)58-29-11-4-12-30-58/h2*1-45H. The first-order chi connectivity index (χ1) is 73.4. The van der Waals surface area contributed by atoms with Crippen molar-refractivity contribution in [2.24, 2.45) is 0 Å². The minimum Gasteiger partial charge on any atom is -0.309 e. The van der Waals surface area contributed by atoms with E-state index in [0.29, 0.717) is 34.9 Å². The van der Waals surface area contributed by atoms with Crippen molar-refractivity contribution in [1.82, 2.24) is 48.2 Å². The molecular weight excluding hydrogens is 1800 g/mol. The van der Waals surface area contributed by atoms with E-state index in [0.717, 1.165) is 145 Å². The summed E-state index contributed by atoms with van der Waals surface area (Å²) in [7, 11) is 0. The molecule has 148 heavy (non-hydrogen) atoms. The van der Waals surface area contributed by atoms with Gasteiger partial charge in [-0.2, -0.15) is 0 Å². The SMILES string of the molecule is c1ccc(-c2nc(-c3ccccc3)nc(-c3cc(-c4cccc(-c5ccc6c7ccccc7n(-c7ccccc7)c6c5)c4)cc(-c4cccc(-c5ccc6c7ccccc7n(-c7ccccc7)c6c5)c4)c3)n2)cc1.c1ccc(-c2nc(-c3ccccc3)nc(-c3cc(-c4cccc(-c5cccc6c7ccccc7n(-c7ccccc7)c56)c4)cc(-c4cccc(-c5cccc6c7ccccc7n(-c7ccccc7)c56)c4)c3)n2)cc1. The molecule has 0 radical (unpaired) electrons. The van der Waals surface area contributed by atoms with Crippen LogP contribution in [0.5, 0.6) is 0 Å². The van der Waals surface area contributed by atoms with Gasteiger partial charge in [0.15, 0.2) is 34.9 Å². The van der Waals surface area contributed by atoms with Crippen molar-refractivity contribution in [1.29, 1.82) is 0 Å². The second-order valence-electron chi connectivity index (χ2n) is 37.6. The molecule has 28 aromatic rings. The topological polar surface area (TPSA) is 97.1 Å². The fourth-order valence-corrected chi connectivity index (χ4v) is 21.7. The lowest BCUT2D eigenvalue weighted by atomic mass is 9.92. The number of nitrogens with zero attached hydrogens (tertiary/aromatic N) is 10. The average molecular weight is 1890 g/mol. The lowest BCUT2D eigenvalue weighted by molar-refractivity contribution is 1.07. The summed E-state index contributed by atoms with van der Waals surface area (Å²) >= 11 is 0. The van der Waals surface area contributed by atoms with Gasteiger partial charge >= 0.3 is 0 Å². The zero-order valence-corrected chi connectivity index (χ0v) is 80.4. The molecule has 0 aliphatic carbocycles. The molecule has 0 saturated carbocycles. The maximum Gasteiger partial charge on any atom is 0.164 e. The molecule has 6 heterocycles. The molecule has 0 saturated heterocycles. The highest BCUT2D eigenvalue weighted by molar-refractivity contribution is 6.17. The van der Waals surface area contributed by atoms with Crippen LogP contribution in [-0.4, -0.2) is 48.2 Å². The molecule has 10 nitrogen and oxygen atoms in total. The van der Waals surface area contributed by atoms with E-state index in [9.17, 15) is 0 Å². The highest BCUT2D eigenvalue weighted by Gasteiger charge is 2.25. The Morgan fingerprint density at radius 2 is 0.297 bits per heavy atom. The van der Waals surface area contributed by atoms with Gasteiger partial charge in [-0.15, -0.1) is 0 Å². The molecule has 0 unspecified atom stereocenters. The first kappa shape index (κ1) is 87.1. The van der Waals surface area contributed by atoms with Gasteiger partial charge in [0.05, 0.1) is 44.1 Å². The maximum atomic E-state index is 5.26. The molecule has 0 atom stereocenters. The first-order valence-electron chi connectivity index (χ1n) is 50.2. The van der Waals surface area contributed by atoms with E-state index in [2.05, 4.69) is 491 Å². The third kappa shape index (κ3) is 16.1. The van der Waals surface area contributed by atoms with E-state index in [4.69, 9.17) is 29.9 Å². The van der Waals surface area contributed by atoms with Crippen LogP contribution in [0.3, 0.4) is 0 Å². The van der Waals surface area contributed by atoms with Gasteiger partial charge in [-0.25, -0.2) is 29.9 Å². The largest absolute Gasteiger partial charge is 0.309 e. The van der Waals surface area contributed by atoms with E-state index in [1.807, 2.05) is 72.8 Å². The third-order valence-electron chi connectivity index (χ3n) is 28.6. The molecule has 0 amide bonds. The predicted octanol–water partition coefficient (Wildman–Crippen LogP) is 35.5. The second kappa shape index (κ2) is 37.5. The number of rotatable bonds is 18. The van der Waals surface area contributed by atoms with Crippen LogP contribution in [0.15, 0.2) is 546 Å². The number of benzene rings is 22. The Balaban J connectivity index is 0.000000146. The van der Waals surface area contributed by atoms with Gasteiger partial charge in [0, 0.05) is 110 Å². The molecule has 692 valence electrons. The van der Waals surface area contributed by atoms with Gasteiger partial charge in [-0.1, -0.05) is 400 Å². The quantitative estimate of drug-likeness (QED) is 0.0849. The van der Waals surface area contributed by atoms with Crippen molar-refractivity contribution in [3.63, 3.8) is 0 Å². The molecule has 0 aliphatic heterocycles. The normalized spacial score (nSPS) is 11.5. The predicted molar refractivity (Wildman–Crippen MR) is 613 cm³/mol. The Morgan fingerprint density at radius 1 is 0.108 bits per heavy atom. The number of fused-ring (bicyclic) bond motifs is 12. The Hall–Kier alpha value is -19.9. The van der Waals surface area contributed by atoms with Crippen LogP contribution in [0, 0.1) is 0 Å². The molecule has 0 aliphatic rings. The summed E-state index contributed by atoms with van der Waals surface area (Å²) < 4.78 is 9.58. The molecule has 0 fully saturated rings. The van der Waals surface area contributed by atoms with Gasteiger partial charge in [-0.05, 0) is 223 Å². The zero-order valence-electron chi connectivity index (χ0n) is 80.4. The van der Waals surface area contributed by atoms with Gasteiger partial charge in [-0.3, -0.25) is 0 Å². The van der Waals surface area contributed by atoms with Crippen molar-refractivity contribution in [2.75, 3.05) is 0 Å². The summed E-state index contributed by atoms with van der Waals surface area (Å²) in [5.74, 6) is 3.69. The molecule has 6 aromatic heterocycles. The molecule has 10 heteroatoms. The summed E-state index contributed by atoms with van der Waals surface area (Å²) in [5, 5.41) is 9.81. The fraction of sp³-hybridized carbons (Fsp3) is 0. The number of hydrogen-bond acceptors (Lipinski definition) is 6. The Morgan fingerprint density at radius 3 is 0.601 bits per heavy atom. The van der Waals surface area contributed by atoms with Crippen LogP contribution in [-0.2, 0) is 0 Å². The van der Waals surface area contributed by atoms with Crippen LogP contribution >= 0.6 is 0 Å². The van der Waals surface area contributed by atoms with Crippen molar-refractivity contribution in [3.05, 3.63) is 546 Å². The van der Waals surface area contributed by atoms with Crippen molar-refractivity contribution in [3.8, 4) is 180 Å². The fourth-order valence-electron chi connectivity index (χ4n) is 21.7. The molecule has 0 N–H and O–H groups in total. The van der Waals surface area contributed by atoms with Crippen molar-refractivity contribution < 1.29 is 0 Å². The van der Waals surface area contributed by atoms with Crippen LogP contribution < -0.4 is 0 Å². The monoisotopic (exact) mass is 1890 g/mol. The van der Waals surface area contributed by atoms with Crippen LogP contribution in [0.2, 0.25) is 0 Å². The van der Waals surface area contributed by atoms with Gasteiger partial charge in [0.1, 0.15) is 0 Å². The summed E-state index contributed by atoms with van der Waals surface area (Å²) in [5.41, 5.74) is 37.1. The van der Waals surface area contributed by atoms with Crippen molar-refractivity contribution >= 4 is 87.2 Å². The first-order valence-corrected chi connectivity index (χ1v) is 50.2. The average Bonchev–Trinajstić information content (AvgIpc) is 1.58. The lowest BCUT2D eigenvalue weighted by Gasteiger charge is -2.15. The summed E-state index contributed by atoms with van der Waals surface area (Å²) in [6.45, 7) is 0. The molecule has 0 spiro atoms. The molecule has 22 aromatic carbocycles. The van der Waals surface area contributed by atoms with E-state index < -0.39 is 0 Å². The number of aromatic nitrogens is 10. The van der Waals surface area contributed by atoms with Gasteiger partial charge < -0.3 is 18.3 Å². The third-order valence-corrected chi connectivity index (χ3v) is 28.6. The van der Waals surface area contributed by atoms with Crippen LogP contribution in [0.4, 0.5) is 0 Å². The highest BCUT2D eigenvalue weighted by atomic mass is 15.1. The summed E-state index contributed by atoms with van der Waals surface area (Å²) in [6, 6.07) is 195.